The lowest BCUT2D eigenvalue weighted by Crippen LogP contribution is -2.48. The number of hydrogen-bond donors (Lipinski definition) is 2. The molecule has 0 aromatic carbocycles. The number of aromatic nitrogens is 1. The normalized spacial score (nSPS) is 12.0. The van der Waals surface area contributed by atoms with Crippen molar-refractivity contribution in [1.29, 1.82) is 0 Å². The fraction of sp³-hybridized carbons (Fsp3) is 0.462. The first kappa shape index (κ1) is 14.9. The predicted molar refractivity (Wildman–Crippen MR) is 70.5 cm³/mol. The second-order valence-corrected chi connectivity index (χ2v) is 4.69. The van der Waals surface area contributed by atoms with Gasteiger partial charge in [-0.1, -0.05) is 19.9 Å². The van der Waals surface area contributed by atoms with E-state index in [-0.39, 0.29) is 5.92 Å². The SMILES string of the molecule is CC(C)C(NC(=O)N(C)Cc1ccccn1)C(=O)O. The van der Waals surface area contributed by atoms with Crippen LogP contribution in [0.25, 0.3) is 0 Å². The Hall–Kier alpha value is -2.11. The van der Waals surface area contributed by atoms with Gasteiger partial charge in [0.25, 0.3) is 0 Å². The van der Waals surface area contributed by atoms with Gasteiger partial charge in [0, 0.05) is 13.2 Å². The van der Waals surface area contributed by atoms with Crippen molar-refractivity contribution < 1.29 is 14.7 Å². The molecule has 104 valence electrons. The number of carboxylic acid groups (broad SMARTS) is 1. The van der Waals surface area contributed by atoms with Crippen molar-refractivity contribution in [3.63, 3.8) is 0 Å². The Bertz CT molecular complexity index is 434. The fourth-order valence-corrected chi connectivity index (χ4v) is 1.56. The van der Waals surface area contributed by atoms with Gasteiger partial charge >= 0.3 is 12.0 Å². The van der Waals surface area contributed by atoms with Gasteiger partial charge in [-0.25, -0.2) is 9.59 Å². The van der Waals surface area contributed by atoms with Crippen molar-refractivity contribution in [3.8, 4) is 0 Å². The van der Waals surface area contributed by atoms with E-state index in [0.29, 0.717) is 6.54 Å². The molecule has 1 aromatic rings. The number of amides is 2. The first-order valence-electron chi connectivity index (χ1n) is 6.06. The molecule has 1 aromatic heterocycles. The number of rotatable bonds is 5. The molecule has 0 fully saturated rings. The van der Waals surface area contributed by atoms with Crippen LogP contribution >= 0.6 is 0 Å². The minimum atomic E-state index is -1.03. The molecule has 1 unspecified atom stereocenters. The molecule has 1 atom stereocenters. The molecule has 0 aliphatic carbocycles. The van der Waals surface area contributed by atoms with Gasteiger partial charge in [0.1, 0.15) is 6.04 Å². The Morgan fingerprint density at radius 2 is 2.11 bits per heavy atom. The second-order valence-electron chi connectivity index (χ2n) is 4.69. The monoisotopic (exact) mass is 265 g/mol. The molecule has 0 saturated carbocycles. The first-order valence-corrected chi connectivity index (χ1v) is 6.06. The van der Waals surface area contributed by atoms with E-state index in [0.717, 1.165) is 5.69 Å². The van der Waals surface area contributed by atoms with Gasteiger partial charge < -0.3 is 15.3 Å². The zero-order valence-corrected chi connectivity index (χ0v) is 11.3. The molecular formula is C13H19N3O3. The predicted octanol–water partition coefficient (Wildman–Crippen LogP) is 1.33. The Kier molecular flexibility index (Phi) is 5.29. The lowest BCUT2D eigenvalue weighted by atomic mass is 10.1. The van der Waals surface area contributed by atoms with Crippen LogP contribution in [-0.2, 0) is 11.3 Å². The second kappa shape index (κ2) is 6.72. The smallest absolute Gasteiger partial charge is 0.326 e. The largest absolute Gasteiger partial charge is 0.480 e. The summed E-state index contributed by atoms with van der Waals surface area (Å²) < 4.78 is 0. The van der Waals surface area contributed by atoms with Crippen LogP contribution in [0.5, 0.6) is 0 Å². The van der Waals surface area contributed by atoms with E-state index in [1.807, 2.05) is 6.07 Å². The number of nitrogens with zero attached hydrogens (tertiary/aromatic N) is 2. The van der Waals surface area contributed by atoms with E-state index >= 15 is 0 Å². The van der Waals surface area contributed by atoms with Gasteiger partial charge in [0.15, 0.2) is 0 Å². The van der Waals surface area contributed by atoms with E-state index in [2.05, 4.69) is 10.3 Å². The quantitative estimate of drug-likeness (QED) is 0.841. The molecule has 2 amide bonds. The number of carboxylic acids is 1. The average molecular weight is 265 g/mol. The van der Waals surface area contributed by atoms with Gasteiger partial charge in [-0.2, -0.15) is 0 Å². The maximum Gasteiger partial charge on any atom is 0.326 e. The molecule has 0 radical (unpaired) electrons. The van der Waals surface area contributed by atoms with Crippen LogP contribution in [-0.4, -0.2) is 40.1 Å². The zero-order chi connectivity index (χ0) is 14.4. The molecule has 0 aliphatic heterocycles. The van der Waals surface area contributed by atoms with Crippen LogP contribution in [0.2, 0.25) is 0 Å². The van der Waals surface area contributed by atoms with Crippen LogP contribution < -0.4 is 5.32 Å². The van der Waals surface area contributed by atoms with Gasteiger partial charge in [0.2, 0.25) is 0 Å². The zero-order valence-electron chi connectivity index (χ0n) is 11.3. The van der Waals surface area contributed by atoms with E-state index in [4.69, 9.17) is 5.11 Å². The Morgan fingerprint density at radius 1 is 1.42 bits per heavy atom. The lowest BCUT2D eigenvalue weighted by molar-refractivity contribution is -0.140. The summed E-state index contributed by atoms with van der Waals surface area (Å²) in [7, 11) is 1.60. The molecule has 0 saturated heterocycles. The molecule has 1 heterocycles. The summed E-state index contributed by atoms with van der Waals surface area (Å²) >= 11 is 0. The molecule has 1 rings (SSSR count). The summed E-state index contributed by atoms with van der Waals surface area (Å²) in [5.74, 6) is -1.21. The third-order valence-corrected chi connectivity index (χ3v) is 2.68. The average Bonchev–Trinajstić information content (AvgIpc) is 2.35. The Morgan fingerprint density at radius 3 is 2.58 bits per heavy atom. The highest BCUT2D eigenvalue weighted by molar-refractivity contribution is 5.82. The maximum atomic E-state index is 11.9. The molecule has 6 nitrogen and oxygen atoms in total. The Labute approximate surface area is 112 Å². The highest BCUT2D eigenvalue weighted by Gasteiger charge is 2.24. The van der Waals surface area contributed by atoms with E-state index < -0.39 is 18.0 Å². The molecule has 0 aliphatic rings. The van der Waals surface area contributed by atoms with Crippen molar-refractivity contribution in [3.05, 3.63) is 30.1 Å². The van der Waals surface area contributed by atoms with Gasteiger partial charge in [-0.15, -0.1) is 0 Å². The summed E-state index contributed by atoms with van der Waals surface area (Å²) in [4.78, 5) is 28.4. The van der Waals surface area contributed by atoms with Crippen LogP contribution in [0.1, 0.15) is 19.5 Å². The standard InChI is InChI=1S/C13H19N3O3/c1-9(2)11(12(17)18)15-13(19)16(3)8-10-6-4-5-7-14-10/h4-7,9,11H,8H2,1-3H3,(H,15,19)(H,17,18). The number of pyridine rings is 1. The summed E-state index contributed by atoms with van der Waals surface area (Å²) in [6.07, 6.45) is 1.65. The van der Waals surface area contributed by atoms with Crippen LogP contribution in [0, 0.1) is 5.92 Å². The number of nitrogens with one attached hydrogen (secondary N) is 1. The van der Waals surface area contributed by atoms with E-state index in [9.17, 15) is 9.59 Å². The first-order chi connectivity index (χ1) is 8.91. The Balaban J connectivity index is 2.60. The summed E-state index contributed by atoms with van der Waals surface area (Å²) in [5, 5.41) is 11.5. The summed E-state index contributed by atoms with van der Waals surface area (Å²) in [6.45, 7) is 3.83. The highest BCUT2D eigenvalue weighted by Crippen LogP contribution is 2.04. The minimum Gasteiger partial charge on any atom is -0.480 e. The fourth-order valence-electron chi connectivity index (χ4n) is 1.56. The van der Waals surface area contributed by atoms with E-state index in [1.54, 1.807) is 39.2 Å². The highest BCUT2D eigenvalue weighted by atomic mass is 16.4. The van der Waals surface area contributed by atoms with E-state index in [1.165, 1.54) is 4.90 Å². The number of carbonyl (C=O) groups is 2. The van der Waals surface area contributed by atoms with Crippen molar-refractivity contribution in [2.75, 3.05) is 7.05 Å². The van der Waals surface area contributed by atoms with Crippen molar-refractivity contribution in [2.24, 2.45) is 5.92 Å². The van der Waals surface area contributed by atoms with Crippen LogP contribution in [0.3, 0.4) is 0 Å². The third-order valence-electron chi connectivity index (χ3n) is 2.68. The van der Waals surface area contributed by atoms with Crippen LogP contribution in [0.15, 0.2) is 24.4 Å². The maximum absolute atomic E-state index is 11.9. The van der Waals surface area contributed by atoms with Crippen molar-refractivity contribution in [2.45, 2.75) is 26.4 Å². The molecule has 0 bridgehead atoms. The number of carbonyl (C=O) groups excluding carboxylic acids is 1. The number of hydrogen-bond acceptors (Lipinski definition) is 3. The van der Waals surface area contributed by atoms with Gasteiger partial charge in [-0.05, 0) is 18.1 Å². The third kappa shape index (κ3) is 4.57. The number of urea groups is 1. The summed E-state index contributed by atoms with van der Waals surface area (Å²) in [5.41, 5.74) is 0.747. The summed E-state index contributed by atoms with van der Waals surface area (Å²) in [6, 6.07) is 4.12. The number of aliphatic carboxylic acids is 1. The minimum absolute atomic E-state index is 0.176. The molecule has 6 heteroatoms. The van der Waals surface area contributed by atoms with Crippen molar-refractivity contribution in [1.82, 2.24) is 15.2 Å². The topological polar surface area (TPSA) is 82.5 Å². The molecule has 0 spiro atoms. The van der Waals surface area contributed by atoms with Gasteiger partial charge in [0.05, 0.1) is 12.2 Å². The van der Waals surface area contributed by atoms with Crippen molar-refractivity contribution >= 4 is 12.0 Å². The molecule has 19 heavy (non-hydrogen) atoms. The lowest BCUT2D eigenvalue weighted by Gasteiger charge is -2.23. The molecular weight excluding hydrogens is 246 g/mol. The molecule has 2 N–H and O–H groups in total. The van der Waals surface area contributed by atoms with Gasteiger partial charge in [-0.3, -0.25) is 4.98 Å². The van der Waals surface area contributed by atoms with Crippen LogP contribution in [0.4, 0.5) is 4.79 Å².